The van der Waals surface area contributed by atoms with Crippen LogP contribution in [-0.4, -0.2) is 20.3 Å². The van der Waals surface area contributed by atoms with E-state index in [-0.39, 0.29) is 0 Å². The van der Waals surface area contributed by atoms with Crippen LogP contribution in [0.15, 0.2) is 18.2 Å². The van der Waals surface area contributed by atoms with E-state index in [1.165, 1.54) is 63.4 Å². The van der Waals surface area contributed by atoms with Gasteiger partial charge in [-0.25, -0.2) is 0 Å². The lowest BCUT2D eigenvalue weighted by atomic mass is 9.89. The van der Waals surface area contributed by atoms with Crippen LogP contribution in [0.3, 0.4) is 0 Å². The molecule has 1 aliphatic rings. The minimum atomic E-state index is 0.777. The molecule has 0 aromatic heterocycles. The summed E-state index contributed by atoms with van der Waals surface area (Å²) in [7, 11) is 1.72. The van der Waals surface area contributed by atoms with Crippen molar-refractivity contribution in [3.8, 4) is 11.5 Å². The van der Waals surface area contributed by atoms with E-state index < -0.39 is 0 Å². The number of hydrogen-bond acceptors (Lipinski definition) is 3. The van der Waals surface area contributed by atoms with Crippen LogP contribution in [0.5, 0.6) is 11.5 Å². The summed E-state index contributed by atoms with van der Waals surface area (Å²) in [6.07, 6.45) is 13.3. The zero-order chi connectivity index (χ0) is 17.7. The number of methoxy groups -OCH3 is 1. The molecule has 0 heterocycles. The number of nitrogens with one attached hydrogen (secondary N) is 1. The van der Waals surface area contributed by atoms with Crippen molar-refractivity contribution in [2.24, 2.45) is 5.92 Å². The Morgan fingerprint density at radius 3 is 2.60 bits per heavy atom. The average Bonchev–Trinajstić information content (AvgIpc) is 2.66. The zero-order valence-electron chi connectivity index (χ0n) is 16.3. The molecule has 3 heteroatoms. The van der Waals surface area contributed by atoms with Gasteiger partial charge in [-0.15, -0.1) is 0 Å². The molecule has 142 valence electrons. The van der Waals surface area contributed by atoms with Gasteiger partial charge in [0, 0.05) is 12.1 Å². The van der Waals surface area contributed by atoms with Crippen LogP contribution in [0.4, 0.5) is 0 Å². The maximum atomic E-state index is 6.12. The van der Waals surface area contributed by atoms with Gasteiger partial charge in [-0.05, 0) is 37.8 Å². The van der Waals surface area contributed by atoms with E-state index >= 15 is 0 Å². The fourth-order valence-corrected chi connectivity index (χ4v) is 3.71. The molecule has 0 aliphatic heterocycles. The first-order valence-electron chi connectivity index (χ1n) is 10.3. The van der Waals surface area contributed by atoms with Crippen molar-refractivity contribution in [1.29, 1.82) is 0 Å². The highest BCUT2D eigenvalue weighted by Crippen LogP contribution is 2.31. The van der Waals surface area contributed by atoms with Crippen molar-refractivity contribution in [3.63, 3.8) is 0 Å². The number of unbranched alkanes of at least 4 members (excludes halogenated alkanes) is 4. The largest absolute Gasteiger partial charge is 0.493 e. The molecule has 1 aromatic carbocycles. The maximum absolute atomic E-state index is 6.12. The number of hydrogen-bond donors (Lipinski definition) is 1. The predicted molar refractivity (Wildman–Crippen MR) is 106 cm³/mol. The van der Waals surface area contributed by atoms with Crippen molar-refractivity contribution in [2.45, 2.75) is 77.7 Å². The molecular formula is C22H37NO2. The SMILES string of the molecule is CCCCCCCOc1c(CNCC2CCCCC2)cccc1OC. The molecule has 0 saturated heterocycles. The Hall–Kier alpha value is -1.22. The fourth-order valence-electron chi connectivity index (χ4n) is 3.71. The zero-order valence-corrected chi connectivity index (χ0v) is 16.3. The first kappa shape index (κ1) is 20.1. The van der Waals surface area contributed by atoms with Crippen LogP contribution in [0.1, 0.15) is 76.7 Å². The molecule has 0 spiro atoms. The summed E-state index contributed by atoms with van der Waals surface area (Å²) in [5.74, 6) is 2.63. The number of ether oxygens (including phenoxy) is 2. The molecule has 0 atom stereocenters. The molecule has 0 bridgehead atoms. The molecule has 1 N–H and O–H groups in total. The molecule has 1 aliphatic carbocycles. The summed E-state index contributed by atoms with van der Waals surface area (Å²) < 4.78 is 11.6. The smallest absolute Gasteiger partial charge is 0.165 e. The van der Waals surface area contributed by atoms with Gasteiger partial charge in [-0.3, -0.25) is 0 Å². The van der Waals surface area contributed by atoms with Crippen LogP contribution in [0.2, 0.25) is 0 Å². The second kappa shape index (κ2) is 12.2. The van der Waals surface area contributed by atoms with Gasteiger partial charge in [-0.1, -0.05) is 64.0 Å². The van der Waals surface area contributed by atoms with E-state index in [2.05, 4.69) is 24.4 Å². The van der Waals surface area contributed by atoms with Crippen LogP contribution < -0.4 is 14.8 Å². The molecule has 1 fully saturated rings. The number of rotatable bonds is 12. The topological polar surface area (TPSA) is 30.5 Å². The minimum Gasteiger partial charge on any atom is -0.493 e. The van der Waals surface area contributed by atoms with Crippen molar-refractivity contribution in [3.05, 3.63) is 23.8 Å². The molecule has 0 radical (unpaired) electrons. The summed E-state index contributed by atoms with van der Waals surface area (Å²) in [6.45, 7) is 5.00. The molecule has 0 amide bonds. The van der Waals surface area contributed by atoms with E-state index in [0.717, 1.165) is 43.5 Å². The van der Waals surface area contributed by atoms with E-state index in [0.29, 0.717) is 0 Å². The number of para-hydroxylation sites is 1. The standard InChI is InChI=1S/C22H37NO2/c1-3-4-5-6-10-16-25-22-20(14-11-15-21(22)24-2)18-23-17-19-12-8-7-9-13-19/h11,14-15,19,23H,3-10,12-13,16-18H2,1-2H3. The first-order valence-corrected chi connectivity index (χ1v) is 10.3. The van der Waals surface area contributed by atoms with E-state index in [1.54, 1.807) is 7.11 Å². The fraction of sp³-hybridized carbons (Fsp3) is 0.727. The highest BCUT2D eigenvalue weighted by Gasteiger charge is 2.14. The molecule has 2 rings (SSSR count). The van der Waals surface area contributed by atoms with Gasteiger partial charge >= 0.3 is 0 Å². The monoisotopic (exact) mass is 347 g/mol. The Bertz CT molecular complexity index is 469. The van der Waals surface area contributed by atoms with Gasteiger partial charge in [0.1, 0.15) is 0 Å². The van der Waals surface area contributed by atoms with E-state index in [9.17, 15) is 0 Å². The number of benzene rings is 1. The normalized spacial score (nSPS) is 15.3. The molecular weight excluding hydrogens is 310 g/mol. The quantitative estimate of drug-likeness (QED) is 0.491. The van der Waals surface area contributed by atoms with Gasteiger partial charge in [0.15, 0.2) is 11.5 Å². The third kappa shape index (κ3) is 7.27. The third-order valence-corrected chi connectivity index (χ3v) is 5.25. The van der Waals surface area contributed by atoms with Gasteiger partial charge in [0.25, 0.3) is 0 Å². The second-order valence-electron chi connectivity index (χ2n) is 7.35. The van der Waals surface area contributed by atoms with Crippen molar-refractivity contribution in [1.82, 2.24) is 5.32 Å². The van der Waals surface area contributed by atoms with Gasteiger partial charge < -0.3 is 14.8 Å². The van der Waals surface area contributed by atoms with Gasteiger partial charge in [0.2, 0.25) is 0 Å². The predicted octanol–water partition coefficient (Wildman–Crippen LogP) is 5.71. The van der Waals surface area contributed by atoms with Crippen LogP contribution in [0, 0.1) is 5.92 Å². The van der Waals surface area contributed by atoms with Gasteiger partial charge in [-0.2, -0.15) is 0 Å². The van der Waals surface area contributed by atoms with E-state index in [4.69, 9.17) is 9.47 Å². The molecule has 1 aromatic rings. The van der Waals surface area contributed by atoms with Crippen molar-refractivity contribution in [2.75, 3.05) is 20.3 Å². The summed E-state index contributed by atoms with van der Waals surface area (Å²) >= 11 is 0. The molecule has 1 saturated carbocycles. The molecule has 0 unspecified atom stereocenters. The highest BCUT2D eigenvalue weighted by molar-refractivity contribution is 5.46. The van der Waals surface area contributed by atoms with Crippen LogP contribution in [0.25, 0.3) is 0 Å². The summed E-state index contributed by atoms with van der Waals surface area (Å²) in [5.41, 5.74) is 1.21. The second-order valence-corrected chi connectivity index (χ2v) is 7.35. The van der Waals surface area contributed by atoms with Crippen molar-refractivity contribution < 1.29 is 9.47 Å². The minimum absolute atomic E-state index is 0.777. The lowest BCUT2D eigenvalue weighted by Crippen LogP contribution is -2.24. The highest BCUT2D eigenvalue weighted by atomic mass is 16.5. The first-order chi connectivity index (χ1) is 12.3. The Labute approximate surface area is 154 Å². The van der Waals surface area contributed by atoms with Gasteiger partial charge in [0.05, 0.1) is 13.7 Å². The molecule has 3 nitrogen and oxygen atoms in total. The summed E-state index contributed by atoms with van der Waals surface area (Å²) in [6, 6.07) is 6.21. The summed E-state index contributed by atoms with van der Waals surface area (Å²) in [4.78, 5) is 0. The Morgan fingerprint density at radius 2 is 1.84 bits per heavy atom. The average molecular weight is 348 g/mol. The summed E-state index contributed by atoms with van der Waals surface area (Å²) in [5, 5.41) is 3.65. The van der Waals surface area contributed by atoms with Crippen LogP contribution in [-0.2, 0) is 6.54 Å². The van der Waals surface area contributed by atoms with E-state index in [1.807, 2.05) is 6.07 Å². The van der Waals surface area contributed by atoms with Crippen LogP contribution >= 0.6 is 0 Å². The Balaban J connectivity index is 1.81. The van der Waals surface area contributed by atoms with Crippen molar-refractivity contribution >= 4 is 0 Å². The maximum Gasteiger partial charge on any atom is 0.165 e. The Kier molecular flexibility index (Phi) is 9.79. The Morgan fingerprint density at radius 1 is 1.04 bits per heavy atom. The molecule has 25 heavy (non-hydrogen) atoms. The third-order valence-electron chi connectivity index (χ3n) is 5.25. The lowest BCUT2D eigenvalue weighted by Gasteiger charge is -2.22. The lowest BCUT2D eigenvalue weighted by molar-refractivity contribution is 0.280.